The molecule has 1 aliphatic heterocycles. The van der Waals surface area contributed by atoms with Crippen LogP contribution in [0, 0.1) is 23.2 Å². The van der Waals surface area contributed by atoms with Crippen LogP contribution in [0.4, 0.5) is 5.69 Å². The van der Waals surface area contributed by atoms with Gasteiger partial charge in [-0.15, -0.1) is 0 Å². The summed E-state index contributed by atoms with van der Waals surface area (Å²) in [6.07, 6.45) is 3.82. The van der Waals surface area contributed by atoms with Gasteiger partial charge in [0.2, 0.25) is 0 Å². The first-order valence-electron chi connectivity index (χ1n) is 8.18. The number of nitrogens with zero attached hydrogens (tertiary/aromatic N) is 2. The van der Waals surface area contributed by atoms with Crippen LogP contribution in [0.5, 0.6) is 0 Å². The molecule has 1 saturated heterocycles. The van der Waals surface area contributed by atoms with Crippen LogP contribution in [0.3, 0.4) is 0 Å². The molecule has 1 saturated carbocycles. The maximum atomic E-state index is 9.48. The molecule has 1 aliphatic carbocycles. The van der Waals surface area contributed by atoms with Crippen molar-refractivity contribution in [2.75, 3.05) is 18.0 Å². The summed E-state index contributed by atoms with van der Waals surface area (Å²) in [5, 5.41) is 13.0. The Kier molecular flexibility index (Phi) is 4.17. The molecule has 0 spiro atoms. The van der Waals surface area contributed by atoms with Crippen molar-refractivity contribution in [1.82, 2.24) is 5.32 Å². The lowest BCUT2D eigenvalue weighted by Gasteiger charge is -2.37. The Morgan fingerprint density at radius 2 is 2.05 bits per heavy atom. The van der Waals surface area contributed by atoms with E-state index in [0.717, 1.165) is 36.8 Å². The highest BCUT2D eigenvalue weighted by Crippen LogP contribution is 2.29. The second kappa shape index (κ2) is 6.07. The smallest absolute Gasteiger partial charge is 0.101 e. The predicted octanol–water partition coefficient (Wildman–Crippen LogP) is 3.29. The van der Waals surface area contributed by atoms with Crippen LogP contribution in [-0.4, -0.2) is 19.1 Å². The summed E-state index contributed by atoms with van der Waals surface area (Å²) >= 11 is 0. The lowest BCUT2D eigenvalue weighted by atomic mass is 9.88. The number of benzene rings is 1. The van der Waals surface area contributed by atoms with Gasteiger partial charge in [-0.1, -0.05) is 19.9 Å². The van der Waals surface area contributed by atoms with Crippen LogP contribution < -0.4 is 10.2 Å². The SMILES string of the molecule is CC1CCN(c2ccc(CNC3CC3)cc2C#N)CC1C. The van der Waals surface area contributed by atoms with E-state index in [2.05, 4.69) is 48.3 Å². The number of nitrogens with one attached hydrogen (secondary N) is 1. The molecular formula is C18H25N3. The van der Waals surface area contributed by atoms with Crippen molar-refractivity contribution in [2.24, 2.45) is 11.8 Å². The quantitative estimate of drug-likeness (QED) is 0.921. The summed E-state index contributed by atoms with van der Waals surface area (Å²) in [6, 6.07) is 9.48. The first kappa shape index (κ1) is 14.4. The second-order valence-corrected chi connectivity index (χ2v) is 6.81. The van der Waals surface area contributed by atoms with Crippen molar-refractivity contribution in [1.29, 1.82) is 5.26 Å². The Balaban J connectivity index is 1.73. The Bertz CT molecular complexity index is 542. The first-order chi connectivity index (χ1) is 10.2. The van der Waals surface area contributed by atoms with Gasteiger partial charge < -0.3 is 10.2 Å². The molecule has 1 aromatic rings. The average molecular weight is 283 g/mol. The largest absolute Gasteiger partial charge is 0.370 e. The van der Waals surface area contributed by atoms with E-state index in [-0.39, 0.29) is 0 Å². The second-order valence-electron chi connectivity index (χ2n) is 6.81. The summed E-state index contributed by atoms with van der Waals surface area (Å²) in [7, 11) is 0. The Labute approximate surface area is 128 Å². The van der Waals surface area contributed by atoms with Gasteiger partial charge in [-0.2, -0.15) is 5.26 Å². The maximum Gasteiger partial charge on any atom is 0.101 e. The number of nitriles is 1. The Hall–Kier alpha value is -1.53. The van der Waals surface area contributed by atoms with E-state index in [1.807, 2.05) is 0 Å². The lowest BCUT2D eigenvalue weighted by molar-refractivity contribution is 0.324. The molecule has 2 unspecified atom stereocenters. The van der Waals surface area contributed by atoms with Crippen molar-refractivity contribution in [3.63, 3.8) is 0 Å². The molecule has 1 heterocycles. The van der Waals surface area contributed by atoms with Gasteiger partial charge in [0, 0.05) is 25.7 Å². The summed E-state index contributed by atoms with van der Waals surface area (Å²) in [5.74, 6) is 1.48. The summed E-state index contributed by atoms with van der Waals surface area (Å²) in [5.41, 5.74) is 3.17. The number of hydrogen-bond donors (Lipinski definition) is 1. The molecule has 2 fully saturated rings. The van der Waals surface area contributed by atoms with Crippen LogP contribution in [0.15, 0.2) is 18.2 Å². The molecule has 1 N–H and O–H groups in total. The van der Waals surface area contributed by atoms with Gasteiger partial charge in [-0.3, -0.25) is 0 Å². The van der Waals surface area contributed by atoms with E-state index in [4.69, 9.17) is 0 Å². The van der Waals surface area contributed by atoms with Crippen LogP contribution in [0.2, 0.25) is 0 Å². The van der Waals surface area contributed by atoms with E-state index in [1.165, 1.54) is 24.8 Å². The molecule has 112 valence electrons. The molecule has 2 atom stereocenters. The minimum absolute atomic E-state index is 0.696. The molecule has 0 bridgehead atoms. The molecule has 2 aliphatic rings. The fourth-order valence-electron chi connectivity index (χ4n) is 3.09. The van der Waals surface area contributed by atoms with Gasteiger partial charge in [0.1, 0.15) is 6.07 Å². The summed E-state index contributed by atoms with van der Waals surface area (Å²) in [4.78, 5) is 2.39. The van der Waals surface area contributed by atoms with E-state index >= 15 is 0 Å². The van der Waals surface area contributed by atoms with Gasteiger partial charge >= 0.3 is 0 Å². The van der Waals surface area contributed by atoms with Crippen molar-refractivity contribution in [3.8, 4) is 6.07 Å². The van der Waals surface area contributed by atoms with Crippen LogP contribution >= 0.6 is 0 Å². The van der Waals surface area contributed by atoms with Crippen molar-refractivity contribution in [3.05, 3.63) is 29.3 Å². The number of piperidine rings is 1. The van der Waals surface area contributed by atoms with Crippen molar-refractivity contribution >= 4 is 5.69 Å². The molecule has 3 rings (SSSR count). The third-order valence-corrected chi connectivity index (χ3v) is 5.03. The maximum absolute atomic E-state index is 9.48. The number of anilines is 1. The fraction of sp³-hybridized carbons (Fsp3) is 0.611. The third-order valence-electron chi connectivity index (χ3n) is 5.03. The zero-order valence-electron chi connectivity index (χ0n) is 13.1. The summed E-state index contributed by atoms with van der Waals surface area (Å²) in [6.45, 7) is 7.67. The first-order valence-corrected chi connectivity index (χ1v) is 8.18. The minimum Gasteiger partial charge on any atom is -0.370 e. The molecule has 21 heavy (non-hydrogen) atoms. The van der Waals surface area contributed by atoms with Gasteiger partial charge in [0.05, 0.1) is 11.3 Å². The molecular weight excluding hydrogens is 258 g/mol. The fourth-order valence-corrected chi connectivity index (χ4v) is 3.09. The Morgan fingerprint density at radius 1 is 1.24 bits per heavy atom. The predicted molar refractivity (Wildman–Crippen MR) is 86.2 cm³/mol. The number of rotatable bonds is 4. The van der Waals surface area contributed by atoms with Gasteiger partial charge in [-0.05, 0) is 48.8 Å². The zero-order valence-corrected chi connectivity index (χ0v) is 13.1. The lowest BCUT2D eigenvalue weighted by Crippen LogP contribution is -2.38. The van der Waals surface area contributed by atoms with Crippen molar-refractivity contribution < 1.29 is 0 Å². The van der Waals surface area contributed by atoms with Gasteiger partial charge in [0.25, 0.3) is 0 Å². The van der Waals surface area contributed by atoms with E-state index in [1.54, 1.807) is 0 Å². The Morgan fingerprint density at radius 3 is 2.71 bits per heavy atom. The third kappa shape index (κ3) is 3.39. The standard InChI is InChI=1S/C18H25N3/c1-13-7-8-21(12-14(13)2)18-6-3-15(9-16(18)10-19)11-20-17-4-5-17/h3,6,9,13-14,17,20H,4-5,7-8,11-12H2,1-2H3. The molecule has 0 radical (unpaired) electrons. The normalized spacial score (nSPS) is 25.7. The highest BCUT2D eigenvalue weighted by molar-refractivity contribution is 5.60. The highest BCUT2D eigenvalue weighted by atomic mass is 15.1. The molecule has 0 amide bonds. The monoisotopic (exact) mass is 283 g/mol. The zero-order chi connectivity index (χ0) is 14.8. The minimum atomic E-state index is 0.696. The van der Waals surface area contributed by atoms with Gasteiger partial charge in [-0.25, -0.2) is 0 Å². The highest BCUT2D eigenvalue weighted by Gasteiger charge is 2.24. The molecule has 1 aromatic carbocycles. The number of hydrogen-bond acceptors (Lipinski definition) is 3. The van der Waals surface area contributed by atoms with E-state index in [9.17, 15) is 5.26 Å². The molecule has 3 nitrogen and oxygen atoms in total. The van der Waals surface area contributed by atoms with Crippen LogP contribution in [-0.2, 0) is 6.54 Å². The van der Waals surface area contributed by atoms with E-state index in [0.29, 0.717) is 12.0 Å². The van der Waals surface area contributed by atoms with Crippen molar-refractivity contribution in [2.45, 2.75) is 45.7 Å². The molecule has 3 heteroatoms. The van der Waals surface area contributed by atoms with Crippen LogP contribution in [0.25, 0.3) is 0 Å². The molecule has 0 aromatic heterocycles. The van der Waals surface area contributed by atoms with E-state index < -0.39 is 0 Å². The average Bonchev–Trinajstić information content (AvgIpc) is 3.32. The van der Waals surface area contributed by atoms with Crippen LogP contribution in [0.1, 0.15) is 44.2 Å². The topological polar surface area (TPSA) is 39.1 Å². The van der Waals surface area contributed by atoms with Gasteiger partial charge in [0.15, 0.2) is 0 Å². The summed E-state index contributed by atoms with van der Waals surface area (Å²) < 4.78 is 0.